The van der Waals surface area contributed by atoms with Crippen LogP contribution >= 0.6 is 0 Å². The van der Waals surface area contributed by atoms with Crippen LogP contribution in [0.25, 0.3) is 0 Å². The van der Waals surface area contributed by atoms with Crippen LogP contribution in [0, 0.1) is 0 Å². The molecule has 35 heavy (non-hydrogen) atoms. The number of nitrogens with zero attached hydrogens (tertiary/aromatic N) is 1. The molecule has 0 aliphatic rings. The van der Waals surface area contributed by atoms with E-state index >= 15 is 0 Å². The first-order chi connectivity index (χ1) is 15.8. The minimum absolute atomic E-state index is 0.0155. The summed E-state index contributed by atoms with van der Waals surface area (Å²) in [5.74, 6) is -0.768. The molecule has 2 aromatic carbocycles. The zero-order valence-electron chi connectivity index (χ0n) is 20.4. The molecule has 0 aliphatic carbocycles. The van der Waals surface area contributed by atoms with Gasteiger partial charge in [-0.2, -0.15) is 13.2 Å². The maximum absolute atomic E-state index is 13.8. The van der Waals surface area contributed by atoms with Crippen LogP contribution in [0.4, 0.5) is 13.2 Å². The van der Waals surface area contributed by atoms with E-state index in [1.165, 1.54) is 36.4 Å². The van der Waals surface area contributed by atoms with Crippen molar-refractivity contribution in [3.8, 4) is 5.75 Å². The highest BCUT2D eigenvalue weighted by atomic mass is 32.2. The van der Waals surface area contributed by atoms with Crippen molar-refractivity contribution in [1.29, 1.82) is 0 Å². The largest absolute Gasteiger partial charge is 0.507 e. The number of carbonyl (C=O) groups excluding carboxylic acids is 1. The van der Waals surface area contributed by atoms with Crippen molar-refractivity contribution < 1.29 is 31.5 Å². The number of phenols is 1. The number of alkyl halides is 3. The zero-order chi connectivity index (χ0) is 26.6. The summed E-state index contributed by atoms with van der Waals surface area (Å²) >= 11 is 0. The number of aromatic hydroxyl groups is 1. The van der Waals surface area contributed by atoms with E-state index in [2.05, 4.69) is 0 Å². The molecule has 0 bridgehead atoms. The lowest BCUT2D eigenvalue weighted by Crippen LogP contribution is -2.20. The lowest BCUT2D eigenvalue weighted by Gasteiger charge is -2.28. The Balaban J connectivity index is 2.25. The molecule has 0 spiro atoms. The number of hydrogen-bond donors (Lipinski definition) is 1. The summed E-state index contributed by atoms with van der Waals surface area (Å²) < 4.78 is 67.6. The molecule has 0 saturated carbocycles. The highest BCUT2D eigenvalue weighted by Crippen LogP contribution is 2.41. The van der Waals surface area contributed by atoms with Gasteiger partial charge < -0.3 is 5.11 Å². The van der Waals surface area contributed by atoms with Crippen molar-refractivity contribution >= 4 is 15.8 Å². The summed E-state index contributed by atoms with van der Waals surface area (Å²) in [6.07, 6.45) is -4.32. The Hall–Kier alpha value is -3.07. The summed E-state index contributed by atoms with van der Waals surface area (Å²) in [4.78, 5) is 13.1. The molecule has 188 valence electrons. The molecule has 0 unspecified atom stereocenters. The predicted octanol–water partition coefficient (Wildman–Crippen LogP) is 6.28. The number of benzene rings is 2. The van der Waals surface area contributed by atoms with E-state index in [0.717, 1.165) is 0 Å². The van der Waals surface area contributed by atoms with Crippen LogP contribution in [0.3, 0.4) is 0 Å². The Morgan fingerprint density at radius 1 is 0.829 bits per heavy atom. The van der Waals surface area contributed by atoms with Gasteiger partial charge in [-0.05, 0) is 41.2 Å². The van der Waals surface area contributed by atoms with Crippen LogP contribution in [0.15, 0.2) is 59.6 Å². The summed E-state index contributed by atoms with van der Waals surface area (Å²) in [5.41, 5.74) is -2.07. The number of phenolic OH excluding ortho intramolecular Hbond substituents is 1. The van der Waals surface area contributed by atoms with E-state index in [0.29, 0.717) is 23.4 Å². The molecular weight excluding hydrogens is 479 g/mol. The SMILES string of the molecule is CC(C)(C)c1cc(C(=O)c2cc(C(F)(F)F)n(S(=O)(=O)c3ccccc3)c2)cc(C(C)(C)C)c1O. The molecule has 1 N–H and O–H groups in total. The van der Waals surface area contributed by atoms with Gasteiger partial charge in [-0.25, -0.2) is 12.4 Å². The second-order valence-corrected chi connectivity index (χ2v) is 12.3. The van der Waals surface area contributed by atoms with Gasteiger partial charge in [0.25, 0.3) is 10.0 Å². The number of hydrogen-bond acceptors (Lipinski definition) is 4. The average molecular weight is 508 g/mol. The van der Waals surface area contributed by atoms with Crippen LogP contribution in [0.1, 0.15) is 74.3 Å². The van der Waals surface area contributed by atoms with Crippen LogP contribution in [0.5, 0.6) is 5.75 Å². The molecule has 1 aromatic heterocycles. The number of halogens is 3. The van der Waals surface area contributed by atoms with Gasteiger partial charge in [0.05, 0.1) is 4.90 Å². The number of rotatable bonds is 4. The minimum Gasteiger partial charge on any atom is -0.507 e. The van der Waals surface area contributed by atoms with Gasteiger partial charge in [-0.1, -0.05) is 59.7 Å². The normalized spacial score (nSPS) is 13.2. The quantitative estimate of drug-likeness (QED) is 0.422. The molecule has 0 amide bonds. The highest BCUT2D eigenvalue weighted by molar-refractivity contribution is 7.90. The Morgan fingerprint density at radius 2 is 1.31 bits per heavy atom. The molecule has 0 fully saturated rings. The minimum atomic E-state index is -5.03. The monoisotopic (exact) mass is 507 g/mol. The van der Waals surface area contributed by atoms with Gasteiger partial charge >= 0.3 is 6.18 Å². The molecule has 0 atom stereocenters. The average Bonchev–Trinajstić information content (AvgIpc) is 3.19. The van der Waals surface area contributed by atoms with Gasteiger partial charge in [0, 0.05) is 28.5 Å². The van der Waals surface area contributed by atoms with Crippen LogP contribution in [-0.2, 0) is 27.0 Å². The van der Waals surface area contributed by atoms with Crippen LogP contribution < -0.4 is 0 Å². The Bertz CT molecular complexity index is 1340. The standard InChI is InChI=1S/C26H28F3NO4S/c1-24(2,3)19-12-16(13-20(23(19)32)25(4,5)6)22(31)17-14-21(26(27,28)29)30(15-17)35(33,34)18-10-8-7-9-11-18/h7-15,32H,1-6H3. The Morgan fingerprint density at radius 3 is 1.74 bits per heavy atom. The van der Waals surface area contributed by atoms with Gasteiger partial charge in [0.15, 0.2) is 5.78 Å². The van der Waals surface area contributed by atoms with Crippen molar-refractivity contribution in [2.24, 2.45) is 0 Å². The third-order valence-electron chi connectivity index (χ3n) is 5.63. The zero-order valence-corrected chi connectivity index (χ0v) is 21.2. The first-order valence-electron chi connectivity index (χ1n) is 10.9. The van der Waals surface area contributed by atoms with E-state index in [1.807, 2.05) is 41.5 Å². The Kier molecular flexibility index (Phi) is 6.48. The van der Waals surface area contributed by atoms with Gasteiger partial charge in [0.2, 0.25) is 0 Å². The summed E-state index contributed by atoms with van der Waals surface area (Å²) in [6.45, 7) is 11.0. The second kappa shape index (κ2) is 8.55. The molecule has 0 saturated heterocycles. The predicted molar refractivity (Wildman–Crippen MR) is 127 cm³/mol. The van der Waals surface area contributed by atoms with E-state index in [9.17, 15) is 31.5 Å². The lowest BCUT2D eigenvalue weighted by atomic mass is 9.78. The van der Waals surface area contributed by atoms with E-state index in [1.54, 1.807) is 6.07 Å². The van der Waals surface area contributed by atoms with E-state index in [4.69, 9.17) is 0 Å². The molecule has 0 aliphatic heterocycles. The number of ketones is 1. The topological polar surface area (TPSA) is 76.4 Å². The van der Waals surface area contributed by atoms with E-state index < -0.39 is 44.1 Å². The number of carbonyl (C=O) groups is 1. The second-order valence-electron chi connectivity index (χ2n) is 10.5. The fraction of sp³-hybridized carbons (Fsp3) is 0.346. The maximum Gasteiger partial charge on any atom is 0.432 e. The summed E-state index contributed by atoms with van der Waals surface area (Å²) in [7, 11) is -4.61. The summed E-state index contributed by atoms with van der Waals surface area (Å²) in [6, 6.07) is 10.1. The smallest absolute Gasteiger partial charge is 0.432 e. The fourth-order valence-electron chi connectivity index (χ4n) is 3.76. The van der Waals surface area contributed by atoms with E-state index in [-0.39, 0.29) is 20.2 Å². The first-order valence-corrected chi connectivity index (χ1v) is 12.3. The van der Waals surface area contributed by atoms with Crippen molar-refractivity contribution in [2.45, 2.75) is 63.4 Å². The molecule has 3 rings (SSSR count). The third kappa shape index (κ3) is 5.15. The molecule has 5 nitrogen and oxygen atoms in total. The van der Waals surface area contributed by atoms with Crippen LogP contribution in [-0.4, -0.2) is 23.3 Å². The molecule has 3 aromatic rings. The van der Waals surface area contributed by atoms with Crippen molar-refractivity contribution in [2.75, 3.05) is 0 Å². The fourth-order valence-corrected chi connectivity index (χ4v) is 5.15. The van der Waals surface area contributed by atoms with Gasteiger partial charge in [-0.15, -0.1) is 0 Å². The van der Waals surface area contributed by atoms with Crippen LogP contribution in [0.2, 0.25) is 0 Å². The lowest BCUT2D eigenvalue weighted by molar-refractivity contribution is -0.141. The van der Waals surface area contributed by atoms with Crippen molar-refractivity contribution in [3.05, 3.63) is 82.7 Å². The molecule has 1 heterocycles. The van der Waals surface area contributed by atoms with Gasteiger partial charge in [0.1, 0.15) is 11.4 Å². The van der Waals surface area contributed by atoms with Crippen molar-refractivity contribution in [3.63, 3.8) is 0 Å². The molecule has 9 heteroatoms. The Labute approximate surface area is 203 Å². The van der Waals surface area contributed by atoms with Crippen molar-refractivity contribution in [1.82, 2.24) is 3.97 Å². The first kappa shape index (κ1) is 26.5. The highest BCUT2D eigenvalue weighted by Gasteiger charge is 2.39. The summed E-state index contributed by atoms with van der Waals surface area (Å²) in [5, 5.41) is 10.9. The molecule has 0 radical (unpaired) electrons. The maximum atomic E-state index is 13.8. The van der Waals surface area contributed by atoms with Gasteiger partial charge in [-0.3, -0.25) is 4.79 Å². The third-order valence-corrected chi connectivity index (χ3v) is 7.31. The molecular formula is C26H28F3NO4S. The number of aromatic nitrogens is 1.